The SMILES string of the molecule is CCC(C)c1nc(C(=O)O)co1. The first-order valence-corrected chi connectivity index (χ1v) is 3.83. The summed E-state index contributed by atoms with van der Waals surface area (Å²) in [5, 5.41) is 8.53. The van der Waals surface area contributed by atoms with E-state index >= 15 is 0 Å². The van der Waals surface area contributed by atoms with E-state index in [2.05, 4.69) is 4.98 Å². The van der Waals surface area contributed by atoms with Crippen molar-refractivity contribution in [3.05, 3.63) is 17.8 Å². The molecule has 0 aliphatic rings. The van der Waals surface area contributed by atoms with E-state index in [4.69, 9.17) is 9.52 Å². The number of oxazole rings is 1. The molecule has 4 nitrogen and oxygen atoms in total. The van der Waals surface area contributed by atoms with Gasteiger partial charge in [0, 0.05) is 5.92 Å². The molecule has 0 aliphatic carbocycles. The molecule has 0 fully saturated rings. The number of aromatic nitrogens is 1. The Bertz CT molecular complexity index is 280. The van der Waals surface area contributed by atoms with Gasteiger partial charge in [-0.25, -0.2) is 9.78 Å². The normalized spacial score (nSPS) is 12.8. The van der Waals surface area contributed by atoms with Gasteiger partial charge in [-0.15, -0.1) is 0 Å². The maximum absolute atomic E-state index is 10.4. The monoisotopic (exact) mass is 169 g/mol. The average molecular weight is 169 g/mol. The number of carboxylic acids is 1. The van der Waals surface area contributed by atoms with Gasteiger partial charge in [-0.1, -0.05) is 13.8 Å². The van der Waals surface area contributed by atoms with E-state index < -0.39 is 5.97 Å². The summed E-state index contributed by atoms with van der Waals surface area (Å²) in [6, 6.07) is 0. The highest BCUT2D eigenvalue weighted by molar-refractivity contribution is 5.84. The van der Waals surface area contributed by atoms with Crippen LogP contribution in [-0.4, -0.2) is 16.1 Å². The van der Waals surface area contributed by atoms with Crippen LogP contribution in [0, 0.1) is 0 Å². The van der Waals surface area contributed by atoms with Crippen molar-refractivity contribution in [1.29, 1.82) is 0 Å². The van der Waals surface area contributed by atoms with Crippen LogP contribution in [0.15, 0.2) is 10.7 Å². The quantitative estimate of drug-likeness (QED) is 0.750. The lowest BCUT2D eigenvalue weighted by atomic mass is 10.1. The summed E-state index contributed by atoms with van der Waals surface area (Å²) in [6.45, 7) is 3.94. The second-order valence-corrected chi connectivity index (χ2v) is 2.69. The van der Waals surface area contributed by atoms with Crippen molar-refractivity contribution in [1.82, 2.24) is 4.98 Å². The first-order chi connectivity index (χ1) is 5.65. The van der Waals surface area contributed by atoms with Gasteiger partial charge in [-0.3, -0.25) is 0 Å². The maximum Gasteiger partial charge on any atom is 0.357 e. The van der Waals surface area contributed by atoms with Crippen LogP contribution in [0.2, 0.25) is 0 Å². The predicted octanol–water partition coefficient (Wildman–Crippen LogP) is 1.89. The molecule has 0 saturated carbocycles. The van der Waals surface area contributed by atoms with Gasteiger partial charge in [0.15, 0.2) is 11.6 Å². The molecular weight excluding hydrogens is 158 g/mol. The van der Waals surface area contributed by atoms with E-state index in [0.717, 1.165) is 6.42 Å². The van der Waals surface area contributed by atoms with Gasteiger partial charge in [-0.05, 0) is 6.42 Å². The highest BCUT2D eigenvalue weighted by atomic mass is 16.4. The van der Waals surface area contributed by atoms with E-state index in [0.29, 0.717) is 5.89 Å². The fourth-order valence-electron chi connectivity index (χ4n) is 0.787. The lowest BCUT2D eigenvalue weighted by Crippen LogP contribution is -1.98. The standard InChI is InChI=1S/C8H11NO3/c1-3-5(2)7-9-6(4-12-7)8(10)11/h4-5H,3H2,1-2H3,(H,10,11). The van der Waals surface area contributed by atoms with E-state index in [1.54, 1.807) is 0 Å². The summed E-state index contributed by atoms with van der Waals surface area (Å²) in [7, 11) is 0. The molecule has 12 heavy (non-hydrogen) atoms. The van der Waals surface area contributed by atoms with Gasteiger partial charge >= 0.3 is 5.97 Å². The first kappa shape index (κ1) is 8.77. The topological polar surface area (TPSA) is 63.3 Å². The Morgan fingerprint density at radius 2 is 2.50 bits per heavy atom. The number of rotatable bonds is 3. The molecule has 1 rings (SSSR count). The van der Waals surface area contributed by atoms with Crippen molar-refractivity contribution in [2.75, 3.05) is 0 Å². The molecule has 0 aliphatic heterocycles. The lowest BCUT2D eigenvalue weighted by Gasteiger charge is -1.99. The first-order valence-electron chi connectivity index (χ1n) is 3.83. The molecule has 1 N–H and O–H groups in total. The van der Waals surface area contributed by atoms with Crippen LogP contribution in [-0.2, 0) is 0 Å². The molecule has 66 valence electrons. The van der Waals surface area contributed by atoms with Crippen molar-refractivity contribution >= 4 is 5.97 Å². The molecule has 1 aromatic rings. The Kier molecular flexibility index (Phi) is 2.47. The Labute approximate surface area is 70.2 Å². The molecule has 0 saturated heterocycles. The van der Waals surface area contributed by atoms with E-state index in [9.17, 15) is 4.79 Å². The molecule has 1 atom stereocenters. The van der Waals surface area contributed by atoms with Crippen molar-refractivity contribution in [2.45, 2.75) is 26.2 Å². The minimum absolute atomic E-state index is 0.0229. The average Bonchev–Trinajstić information content (AvgIpc) is 2.51. The lowest BCUT2D eigenvalue weighted by molar-refractivity contribution is 0.0690. The van der Waals surface area contributed by atoms with Gasteiger partial charge in [0.2, 0.25) is 0 Å². The van der Waals surface area contributed by atoms with Crippen LogP contribution in [0.3, 0.4) is 0 Å². The highest BCUT2D eigenvalue weighted by Gasteiger charge is 2.13. The zero-order valence-electron chi connectivity index (χ0n) is 7.07. The van der Waals surface area contributed by atoms with Crippen LogP contribution in [0.5, 0.6) is 0 Å². The Morgan fingerprint density at radius 3 is 2.92 bits per heavy atom. The number of aromatic carboxylic acids is 1. The number of carbonyl (C=O) groups is 1. The zero-order valence-corrected chi connectivity index (χ0v) is 7.07. The van der Waals surface area contributed by atoms with E-state index in [-0.39, 0.29) is 11.6 Å². The maximum atomic E-state index is 10.4. The van der Waals surface area contributed by atoms with Crippen LogP contribution in [0.25, 0.3) is 0 Å². The van der Waals surface area contributed by atoms with E-state index in [1.807, 2.05) is 13.8 Å². The van der Waals surface area contributed by atoms with Gasteiger partial charge in [-0.2, -0.15) is 0 Å². The largest absolute Gasteiger partial charge is 0.476 e. The molecule has 0 radical (unpaired) electrons. The van der Waals surface area contributed by atoms with E-state index in [1.165, 1.54) is 6.26 Å². The summed E-state index contributed by atoms with van der Waals surface area (Å²) in [4.78, 5) is 14.2. The summed E-state index contributed by atoms with van der Waals surface area (Å²) in [5.41, 5.74) is -0.0229. The molecule has 1 aromatic heterocycles. The smallest absolute Gasteiger partial charge is 0.357 e. The molecular formula is C8H11NO3. The molecule has 0 amide bonds. The summed E-state index contributed by atoms with van der Waals surface area (Å²) >= 11 is 0. The fourth-order valence-corrected chi connectivity index (χ4v) is 0.787. The molecule has 1 heterocycles. The summed E-state index contributed by atoms with van der Waals surface area (Å²) in [5.74, 6) is -0.374. The fraction of sp³-hybridized carbons (Fsp3) is 0.500. The third-order valence-corrected chi connectivity index (χ3v) is 1.78. The second kappa shape index (κ2) is 3.38. The van der Waals surface area contributed by atoms with Crippen LogP contribution < -0.4 is 0 Å². The van der Waals surface area contributed by atoms with Crippen molar-refractivity contribution in [3.8, 4) is 0 Å². The van der Waals surface area contributed by atoms with Crippen LogP contribution in [0.4, 0.5) is 0 Å². The van der Waals surface area contributed by atoms with Crippen LogP contribution in [0.1, 0.15) is 42.6 Å². The third-order valence-electron chi connectivity index (χ3n) is 1.78. The number of hydrogen-bond donors (Lipinski definition) is 1. The molecule has 4 heteroatoms. The van der Waals surface area contributed by atoms with Crippen LogP contribution >= 0.6 is 0 Å². The minimum Gasteiger partial charge on any atom is -0.476 e. The Balaban J connectivity index is 2.84. The predicted molar refractivity (Wildman–Crippen MR) is 42.2 cm³/mol. The second-order valence-electron chi connectivity index (χ2n) is 2.69. The number of nitrogens with zero attached hydrogens (tertiary/aromatic N) is 1. The molecule has 0 aromatic carbocycles. The van der Waals surface area contributed by atoms with Gasteiger partial charge < -0.3 is 9.52 Å². The molecule has 0 spiro atoms. The zero-order chi connectivity index (χ0) is 9.14. The Hall–Kier alpha value is -1.32. The van der Waals surface area contributed by atoms with Gasteiger partial charge in [0.1, 0.15) is 6.26 Å². The summed E-state index contributed by atoms with van der Waals surface area (Å²) in [6.07, 6.45) is 2.06. The Morgan fingerprint density at radius 1 is 1.83 bits per heavy atom. The highest BCUT2D eigenvalue weighted by Crippen LogP contribution is 2.17. The molecule has 1 unspecified atom stereocenters. The van der Waals surface area contributed by atoms with Gasteiger partial charge in [0.05, 0.1) is 0 Å². The molecule has 0 bridgehead atoms. The van der Waals surface area contributed by atoms with Crippen molar-refractivity contribution < 1.29 is 14.3 Å². The third kappa shape index (κ3) is 1.64. The van der Waals surface area contributed by atoms with Crippen molar-refractivity contribution in [3.63, 3.8) is 0 Å². The number of carboxylic acid groups (broad SMARTS) is 1. The summed E-state index contributed by atoms with van der Waals surface area (Å²) < 4.78 is 4.99. The van der Waals surface area contributed by atoms with Gasteiger partial charge in [0.25, 0.3) is 0 Å². The minimum atomic E-state index is -1.05. The number of hydrogen-bond acceptors (Lipinski definition) is 3. The van der Waals surface area contributed by atoms with Crippen molar-refractivity contribution in [2.24, 2.45) is 0 Å².